The molecule has 246 valence electrons. The summed E-state index contributed by atoms with van der Waals surface area (Å²) in [5.74, 6) is 1.78. The van der Waals surface area contributed by atoms with E-state index in [9.17, 15) is 0 Å². The second-order valence-electron chi connectivity index (χ2n) is 12.4. The summed E-state index contributed by atoms with van der Waals surface area (Å²) in [7, 11) is -0.743. The van der Waals surface area contributed by atoms with Gasteiger partial charge in [-0.05, 0) is 84.9 Å². The van der Waals surface area contributed by atoms with Crippen molar-refractivity contribution in [1.29, 1.82) is 0 Å². The Morgan fingerprint density at radius 3 is 0.700 bits per heavy atom. The predicted octanol–water partition coefficient (Wildman–Crippen LogP) is 8.69. The third kappa shape index (κ3) is 6.38. The highest BCUT2D eigenvalue weighted by atomic mass is 31.2. The molecule has 50 heavy (non-hydrogen) atoms. The summed E-state index contributed by atoms with van der Waals surface area (Å²) in [4.78, 5) is 0. The molecule has 0 saturated carbocycles. The average Bonchev–Trinajstić information content (AvgIpc) is 3.21. The van der Waals surface area contributed by atoms with Gasteiger partial charge in [-0.1, -0.05) is 109 Å². The molecule has 7 rings (SSSR count). The topological polar surface area (TPSA) is 18.5 Å². The number of benzene rings is 7. The maximum atomic E-state index is 6.35. The van der Waals surface area contributed by atoms with Crippen LogP contribution in [0.15, 0.2) is 194 Å². The smallest absolute Gasteiger partial charge is 0.126 e. The van der Waals surface area contributed by atoms with Crippen molar-refractivity contribution in [2.75, 3.05) is 14.2 Å². The molecule has 0 aromatic heterocycles. The average molecular weight is 689 g/mol. The van der Waals surface area contributed by atoms with Crippen molar-refractivity contribution < 1.29 is 9.47 Å². The molecule has 0 bridgehead atoms. The summed E-state index contributed by atoms with van der Waals surface area (Å²) >= 11 is 0. The van der Waals surface area contributed by atoms with Gasteiger partial charge in [-0.25, -0.2) is 0 Å². The van der Waals surface area contributed by atoms with E-state index >= 15 is 0 Å². The fraction of sp³-hybridized carbons (Fsp3) is 0.0870. The number of methoxy groups -OCH3 is 2. The molecule has 7 aromatic carbocycles. The Kier molecular flexibility index (Phi) is 10.2. The van der Waals surface area contributed by atoms with Crippen molar-refractivity contribution in [2.45, 2.75) is 12.3 Å². The first-order chi connectivity index (χ1) is 24.7. The lowest BCUT2D eigenvalue weighted by Gasteiger charge is -2.30. The third-order valence-corrected chi connectivity index (χ3v) is 18.4. The molecule has 0 atom stereocenters. The zero-order valence-electron chi connectivity index (χ0n) is 28.6. The minimum Gasteiger partial charge on any atom is -0.496 e. The first kappa shape index (κ1) is 33.5. The molecular weight excluding hydrogens is 646 g/mol. The van der Waals surface area contributed by atoms with Gasteiger partial charge in [0.2, 0.25) is 0 Å². The van der Waals surface area contributed by atoms with Gasteiger partial charge >= 0.3 is 0 Å². The van der Waals surface area contributed by atoms with Crippen molar-refractivity contribution in [3.05, 3.63) is 205 Å². The molecule has 0 fully saturated rings. The third-order valence-electron chi connectivity index (χ3n) is 9.68. The minimum absolute atomic E-state index is 0.793. The summed E-state index contributed by atoms with van der Waals surface area (Å²) < 4.78 is 12.7. The summed E-state index contributed by atoms with van der Waals surface area (Å²) in [6.07, 6.45) is 1.59. The number of rotatable bonds is 12. The van der Waals surface area contributed by atoms with E-state index in [2.05, 4.69) is 194 Å². The highest BCUT2D eigenvalue weighted by molar-refractivity contribution is 7.95. The lowest BCUT2D eigenvalue weighted by molar-refractivity contribution is 0.397. The Morgan fingerprint density at radius 1 is 0.320 bits per heavy atom. The lowest BCUT2D eigenvalue weighted by Crippen LogP contribution is -2.33. The van der Waals surface area contributed by atoms with Crippen molar-refractivity contribution in [3.63, 3.8) is 0 Å². The highest BCUT2D eigenvalue weighted by Gasteiger charge is 2.48. The van der Waals surface area contributed by atoms with E-state index in [-0.39, 0.29) is 0 Å². The van der Waals surface area contributed by atoms with Gasteiger partial charge in [0.05, 0.1) is 14.2 Å². The van der Waals surface area contributed by atoms with E-state index in [1.54, 1.807) is 14.2 Å². The van der Waals surface area contributed by atoms with Gasteiger partial charge in [-0.15, -0.1) is 0 Å². The quantitative estimate of drug-likeness (QED) is 0.120. The van der Waals surface area contributed by atoms with Crippen molar-refractivity contribution in [1.82, 2.24) is 0 Å². The van der Waals surface area contributed by atoms with Gasteiger partial charge in [-0.3, -0.25) is 0 Å². The number of ether oxygens (including phenoxy) is 2. The van der Waals surface area contributed by atoms with Crippen LogP contribution in [0.25, 0.3) is 0 Å². The summed E-state index contributed by atoms with van der Waals surface area (Å²) in [5, 5.41) is 8.03. The first-order valence-corrected chi connectivity index (χ1v) is 21.0. The Morgan fingerprint density at radius 2 is 0.520 bits per heavy atom. The van der Waals surface area contributed by atoms with E-state index in [4.69, 9.17) is 9.47 Å². The van der Waals surface area contributed by atoms with Crippen LogP contribution in [0.5, 0.6) is 11.5 Å². The molecule has 0 spiro atoms. The van der Waals surface area contributed by atoms with Crippen LogP contribution in [0, 0.1) is 0 Å². The molecular formula is C46H42O2P2+2. The van der Waals surface area contributed by atoms with Crippen LogP contribution in [-0.2, 0) is 12.3 Å². The van der Waals surface area contributed by atoms with Crippen LogP contribution in [0.1, 0.15) is 11.1 Å². The van der Waals surface area contributed by atoms with Crippen LogP contribution in [0.3, 0.4) is 0 Å². The van der Waals surface area contributed by atoms with Crippen molar-refractivity contribution >= 4 is 46.4 Å². The Bertz CT molecular complexity index is 1760. The van der Waals surface area contributed by atoms with Gasteiger partial charge in [0, 0.05) is 11.1 Å². The zero-order valence-corrected chi connectivity index (χ0v) is 30.4. The van der Waals surface area contributed by atoms with E-state index in [1.165, 1.54) is 31.8 Å². The molecule has 0 unspecified atom stereocenters. The van der Waals surface area contributed by atoms with E-state index < -0.39 is 14.5 Å². The maximum absolute atomic E-state index is 6.35. The van der Waals surface area contributed by atoms with Crippen LogP contribution >= 0.6 is 14.5 Å². The second kappa shape index (κ2) is 15.3. The summed E-state index contributed by atoms with van der Waals surface area (Å²) in [5.41, 5.74) is 2.28. The molecule has 7 aromatic rings. The normalized spacial score (nSPS) is 11.6. The molecule has 0 aliphatic carbocycles. The fourth-order valence-electron chi connectivity index (χ4n) is 7.32. The van der Waals surface area contributed by atoms with Gasteiger partial charge in [0.1, 0.15) is 70.2 Å². The van der Waals surface area contributed by atoms with E-state index in [0.29, 0.717) is 0 Å². The predicted molar refractivity (Wildman–Crippen MR) is 217 cm³/mol. The highest BCUT2D eigenvalue weighted by Crippen LogP contribution is 2.61. The SMILES string of the molecule is COc1cc(C[P+](c2ccccc2)(c2ccccc2)c2ccccc2)c(OC)cc1C[P+](c1ccccc1)(c1ccccc1)c1ccccc1. The van der Waals surface area contributed by atoms with Crippen molar-refractivity contribution in [3.8, 4) is 11.5 Å². The molecule has 0 amide bonds. The summed E-state index contributed by atoms with van der Waals surface area (Å²) in [6.45, 7) is 0. The maximum Gasteiger partial charge on any atom is 0.126 e. The molecule has 0 N–H and O–H groups in total. The molecule has 0 aliphatic heterocycles. The first-order valence-electron chi connectivity index (χ1n) is 17.0. The second-order valence-corrected chi connectivity index (χ2v) is 19.4. The molecule has 0 radical (unpaired) electrons. The molecule has 0 heterocycles. The lowest BCUT2D eigenvalue weighted by atomic mass is 10.1. The number of hydrogen-bond acceptors (Lipinski definition) is 2. The molecule has 0 saturated heterocycles. The van der Waals surface area contributed by atoms with Crippen LogP contribution in [0.4, 0.5) is 0 Å². The monoisotopic (exact) mass is 688 g/mol. The largest absolute Gasteiger partial charge is 0.496 e. The Balaban J connectivity index is 1.43. The van der Waals surface area contributed by atoms with Crippen LogP contribution in [-0.4, -0.2) is 14.2 Å². The Hall–Kier alpha value is -5.00. The van der Waals surface area contributed by atoms with Gasteiger partial charge in [0.15, 0.2) is 0 Å². The van der Waals surface area contributed by atoms with Gasteiger partial charge < -0.3 is 9.47 Å². The molecule has 0 aliphatic rings. The minimum atomic E-state index is -2.17. The van der Waals surface area contributed by atoms with Crippen molar-refractivity contribution in [2.24, 2.45) is 0 Å². The standard InChI is InChI=1S/C46H42O2P2/c1-47-45-33-38(36-50(42-27-15-6-16-28-42,43-29-17-7-18-30-43)44-31-19-8-20-32-44)46(48-2)34-37(45)35-49(39-21-9-3-10-22-39,40-23-11-4-12-24-40)41-25-13-5-14-26-41/h3-34H,35-36H2,1-2H3/q+2. The van der Waals surface area contributed by atoms with E-state index in [1.807, 2.05) is 0 Å². The number of hydrogen-bond donors (Lipinski definition) is 0. The summed E-state index contributed by atoms with van der Waals surface area (Å²) in [6, 6.07) is 70.7. The fourth-order valence-corrected chi connectivity index (χ4v) is 15.8. The Labute approximate surface area is 298 Å². The van der Waals surface area contributed by atoms with Gasteiger partial charge in [-0.2, -0.15) is 0 Å². The van der Waals surface area contributed by atoms with Crippen LogP contribution in [0.2, 0.25) is 0 Å². The molecule has 4 heteroatoms. The van der Waals surface area contributed by atoms with Crippen LogP contribution < -0.4 is 41.3 Å². The molecule has 2 nitrogen and oxygen atoms in total. The zero-order chi connectivity index (χ0) is 34.2. The van der Waals surface area contributed by atoms with E-state index in [0.717, 1.165) is 34.9 Å². The van der Waals surface area contributed by atoms with Gasteiger partial charge in [0.25, 0.3) is 0 Å².